The van der Waals surface area contributed by atoms with E-state index in [0.717, 1.165) is 17.6 Å². The number of likely N-dealkylation sites (tertiary alicyclic amines) is 1. The molecule has 4 nitrogen and oxygen atoms in total. The van der Waals surface area contributed by atoms with Crippen molar-refractivity contribution in [2.24, 2.45) is 7.05 Å². The molecule has 0 aliphatic carbocycles. The smallest absolute Gasteiger partial charge is 0.408 e. The normalized spacial score (nSPS) is 16.9. The van der Waals surface area contributed by atoms with Crippen molar-refractivity contribution in [3.8, 4) is 0 Å². The second kappa shape index (κ2) is 5.05. The quantitative estimate of drug-likeness (QED) is 0.847. The van der Waals surface area contributed by atoms with Crippen LogP contribution in [0.3, 0.4) is 0 Å². The Balaban J connectivity index is 1.77. The third kappa shape index (κ3) is 2.49. The molecule has 1 aliphatic rings. The molecule has 2 aromatic rings. The van der Waals surface area contributed by atoms with Crippen LogP contribution in [0.25, 0.3) is 17.2 Å². The predicted octanol–water partition coefficient (Wildman–Crippen LogP) is 2.24. The summed E-state index contributed by atoms with van der Waals surface area (Å²) in [5.41, 5.74) is 2.55. The Hall–Kier alpha value is -1.81. The molecule has 0 N–H and O–H groups in total. The average molecular weight is 258 g/mol. The van der Waals surface area contributed by atoms with Crippen LogP contribution in [-0.2, 0) is 7.05 Å². The standard InChI is InChI=1S/C15H18N2O2/c1-16-13-7-6-12(11-14(13)19-15(16)18)5-4-10-17-8-2-3-9-17/h4-7,11H,2-3,8-10H2,1H3/b5-4+. The summed E-state index contributed by atoms with van der Waals surface area (Å²) in [4.78, 5) is 13.9. The minimum absolute atomic E-state index is 0.312. The summed E-state index contributed by atoms with van der Waals surface area (Å²) in [6.45, 7) is 3.41. The summed E-state index contributed by atoms with van der Waals surface area (Å²) >= 11 is 0. The summed E-state index contributed by atoms with van der Waals surface area (Å²) in [6.07, 6.45) is 6.89. The third-order valence-electron chi connectivity index (χ3n) is 3.69. The molecule has 0 amide bonds. The van der Waals surface area contributed by atoms with Crippen LogP contribution in [0.5, 0.6) is 0 Å². The minimum atomic E-state index is -0.312. The van der Waals surface area contributed by atoms with Gasteiger partial charge in [0.15, 0.2) is 5.58 Å². The molecule has 2 heterocycles. The zero-order chi connectivity index (χ0) is 13.2. The highest BCUT2D eigenvalue weighted by atomic mass is 16.4. The zero-order valence-electron chi connectivity index (χ0n) is 11.1. The predicted molar refractivity (Wildman–Crippen MR) is 76.2 cm³/mol. The fourth-order valence-corrected chi connectivity index (χ4v) is 2.56. The molecule has 4 heteroatoms. The molecule has 0 saturated carbocycles. The summed E-state index contributed by atoms with van der Waals surface area (Å²) in [7, 11) is 1.72. The molecule has 1 aromatic carbocycles. The van der Waals surface area contributed by atoms with Gasteiger partial charge in [-0.2, -0.15) is 0 Å². The van der Waals surface area contributed by atoms with Crippen LogP contribution >= 0.6 is 0 Å². The van der Waals surface area contributed by atoms with Gasteiger partial charge in [-0.3, -0.25) is 9.47 Å². The fourth-order valence-electron chi connectivity index (χ4n) is 2.56. The number of aromatic nitrogens is 1. The Kier molecular flexibility index (Phi) is 3.25. The van der Waals surface area contributed by atoms with Crippen LogP contribution in [-0.4, -0.2) is 29.1 Å². The number of fused-ring (bicyclic) bond motifs is 1. The SMILES string of the molecule is Cn1c(=O)oc2cc(/C=C/CN3CCCC3)ccc21. The Morgan fingerprint density at radius 2 is 2.11 bits per heavy atom. The second-order valence-electron chi connectivity index (χ2n) is 5.06. The van der Waals surface area contributed by atoms with Gasteiger partial charge >= 0.3 is 5.76 Å². The maximum atomic E-state index is 11.4. The molecule has 0 unspecified atom stereocenters. The lowest BCUT2D eigenvalue weighted by Gasteiger charge is -2.10. The first kappa shape index (κ1) is 12.2. The van der Waals surface area contributed by atoms with E-state index in [1.807, 2.05) is 18.2 Å². The first-order chi connectivity index (χ1) is 9.24. The molecule has 0 atom stereocenters. The second-order valence-corrected chi connectivity index (χ2v) is 5.06. The van der Waals surface area contributed by atoms with Gasteiger partial charge in [0, 0.05) is 13.6 Å². The van der Waals surface area contributed by atoms with E-state index >= 15 is 0 Å². The van der Waals surface area contributed by atoms with Crippen LogP contribution in [0.1, 0.15) is 18.4 Å². The first-order valence-corrected chi connectivity index (χ1v) is 6.72. The Bertz CT molecular complexity index is 660. The van der Waals surface area contributed by atoms with Crippen LogP contribution in [0.4, 0.5) is 0 Å². The molecule has 100 valence electrons. The maximum Gasteiger partial charge on any atom is 0.419 e. The van der Waals surface area contributed by atoms with E-state index in [-0.39, 0.29) is 5.76 Å². The molecule has 1 fully saturated rings. The molecule has 3 rings (SSSR count). The van der Waals surface area contributed by atoms with Crippen molar-refractivity contribution in [1.29, 1.82) is 0 Å². The molecule has 1 aliphatic heterocycles. The first-order valence-electron chi connectivity index (χ1n) is 6.72. The van der Waals surface area contributed by atoms with Gasteiger partial charge in [-0.1, -0.05) is 18.2 Å². The number of oxazole rings is 1. The minimum Gasteiger partial charge on any atom is -0.408 e. The van der Waals surface area contributed by atoms with Crippen molar-refractivity contribution in [3.05, 3.63) is 40.4 Å². The van der Waals surface area contributed by atoms with E-state index in [1.54, 1.807) is 7.05 Å². The zero-order valence-corrected chi connectivity index (χ0v) is 11.1. The molecule has 0 spiro atoms. The number of rotatable bonds is 3. The van der Waals surface area contributed by atoms with E-state index in [4.69, 9.17) is 4.42 Å². The molecular weight excluding hydrogens is 240 g/mol. The largest absolute Gasteiger partial charge is 0.419 e. The van der Waals surface area contributed by atoms with Crippen LogP contribution in [0, 0.1) is 0 Å². The Morgan fingerprint density at radius 1 is 1.32 bits per heavy atom. The maximum absolute atomic E-state index is 11.4. The van der Waals surface area contributed by atoms with Crippen molar-refractivity contribution in [2.45, 2.75) is 12.8 Å². The number of hydrogen-bond acceptors (Lipinski definition) is 3. The van der Waals surface area contributed by atoms with E-state index < -0.39 is 0 Å². The number of nitrogens with zero attached hydrogens (tertiary/aromatic N) is 2. The topological polar surface area (TPSA) is 38.4 Å². The molecule has 1 saturated heterocycles. The molecule has 1 aromatic heterocycles. The fraction of sp³-hybridized carbons (Fsp3) is 0.400. The van der Waals surface area contributed by atoms with Crippen LogP contribution in [0.2, 0.25) is 0 Å². The van der Waals surface area contributed by atoms with E-state index in [9.17, 15) is 4.79 Å². The van der Waals surface area contributed by atoms with Gasteiger partial charge in [0.05, 0.1) is 5.52 Å². The lowest BCUT2D eigenvalue weighted by molar-refractivity contribution is 0.378. The van der Waals surface area contributed by atoms with Gasteiger partial charge in [0.2, 0.25) is 0 Å². The van der Waals surface area contributed by atoms with Gasteiger partial charge in [0.25, 0.3) is 0 Å². The summed E-state index contributed by atoms with van der Waals surface area (Å²) < 4.78 is 6.70. The van der Waals surface area contributed by atoms with Crippen LogP contribution < -0.4 is 5.76 Å². The summed E-state index contributed by atoms with van der Waals surface area (Å²) in [5.74, 6) is -0.312. The number of benzene rings is 1. The third-order valence-corrected chi connectivity index (χ3v) is 3.69. The van der Waals surface area contributed by atoms with E-state index in [2.05, 4.69) is 17.1 Å². The van der Waals surface area contributed by atoms with Crippen molar-refractivity contribution in [1.82, 2.24) is 9.47 Å². The monoisotopic (exact) mass is 258 g/mol. The lowest BCUT2D eigenvalue weighted by atomic mass is 10.2. The van der Waals surface area contributed by atoms with Crippen molar-refractivity contribution in [3.63, 3.8) is 0 Å². The molecule has 0 bridgehead atoms. The highest BCUT2D eigenvalue weighted by molar-refractivity contribution is 5.76. The highest BCUT2D eigenvalue weighted by Gasteiger charge is 2.09. The lowest BCUT2D eigenvalue weighted by Crippen LogP contribution is -2.18. The molecule has 0 radical (unpaired) electrons. The number of aryl methyl sites for hydroxylation is 1. The highest BCUT2D eigenvalue weighted by Crippen LogP contribution is 2.15. The van der Waals surface area contributed by atoms with Crippen LogP contribution in [0.15, 0.2) is 33.5 Å². The van der Waals surface area contributed by atoms with E-state index in [0.29, 0.717) is 5.58 Å². The molecular formula is C15H18N2O2. The number of hydrogen-bond donors (Lipinski definition) is 0. The van der Waals surface area contributed by atoms with Gasteiger partial charge in [0.1, 0.15) is 0 Å². The average Bonchev–Trinajstić information content (AvgIpc) is 3.00. The van der Waals surface area contributed by atoms with Gasteiger partial charge < -0.3 is 4.42 Å². The Labute approximate surface area is 111 Å². The molecule has 19 heavy (non-hydrogen) atoms. The van der Waals surface area contributed by atoms with Gasteiger partial charge in [-0.15, -0.1) is 0 Å². The van der Waals surface area contributed by atoms with Crippen molar-refractivity contribution >= 4 is 17.2 Å². The summed E-state index contributed by atoms with van der Waals surface area (Å²) in [6, 6.07) is 5.85. The van der Waals surface area contributed by atoms with E-state index in [1.165, 1.54) is 30.5 Å². The van der Waals surface area contributed by atoms with Gasteiger partial charge in [-0.05, 0) is 43.6 Å². The summed E-state index contributed by atoms with van der Waals surface area (Å²) in [5, 5.41) is 0. The van der Waals surface area contributed by atoms with Gasteiger partial charge in [-0.25, -0.2) is 4.79 Å². The Morgan fingerprint density at radius 3 is 2.89 bits per heavy atom. The van der Waals surface area contributed by atoms with Crippen molar-refractivity contribution in [2.75, 3.05) is 19.6 Å². The van der Waals surface area contributed by atoms with Crippen molar-refractivity contribution < 1.29 is 4.42 Å².